The summed E-state index contributed by atoms with van der Waals surface area (Å²) in [6.07, 6.45) is 0.0704. The second-order valence-electron chi connectivity index (χ2n) is 4.93. The van der Waals surface area contributed by atoms with Gasteiger partial charge in [0.25, 0.3) is 5.91 Å². The second-order valence-corrected chi connectivity index (χ2v) is 6.50. The average molecular weight is 410 g/mol. The SMILES string of the molecule is COc1cc(I)c(Cl)cc1C(=O)N1C[C@H](C)O[C@@H](C)C1. The van der Waals surface area contributed by atoms with Crippen molar-refractivity contribution in [3.8, 4) is 5.75 Å². The molecular weight excluding hydrogens is 393 g/mol. The number of morpholine rings is 1. The van der Waals surface area contributed by atoms with E-state index < -0.39 is 0 Å². The van der Waals surface area contributed by atoms with Crippen molar-refractivity contribution in [3.05, 3.63) is 26.3 Å². The topological polar surface area (TPSA) is 38.8 Å². The number of nitrogens with zero attached hydrogens (tertiary/aromatic N) is 1. The highest BCUT2D eigenvalue weighted by Gasteiger charge is 2.28. The van der Waals surface area contributed by atoms with E-state index in [1.807, 2.05) is 13.8 Å². The maximum atomic E-state index is 12.7. The first kappa shape index (κ1) is 15.9. The summed E-state index contributed by atoms with van der Waals surface area (Å²) >= 11 is 8.24. The van der Waals surface area contributed by atoms with Gasteiger partial charge in [0.2, 0.25) is 0 Å². The molecule has 0 spiro atoms. The van der Waals surface area contributed by atoms with Crippen LogP contribution < -0.4 is 4.74 Å². The van der Waals surface area contributed by atoms with Gasteiger partial charge in [0, 0.05) is 16.7 Å². The van der Waals surface area contributed by atoms with E-state index in [-0.39, 0.29) is 18.1 Å². The van der Waals surface area contributed by atoms with Crippen LogP contribution in [0.15, 0.2) is 12.1 Å². The number of carbonyl (C=O) groups is 1. The first-order chi connectivity index (χ1) is 9.42. The summed E-state index contributed by atoms with van der Waals surface area (Å²) in [5, 5.41) is 0.559. The molecule has 4 nitrogen and oxygen atoms in total. The van der Waals surface area contributed by atoms with Gasteiger partial charge in [0.15, 0.2) is 0 Å². The van der Waals surface area contributed by atoms with Crippen LogP contribution in [0.5, 0.6) is 5.75 Å². The van der Waals surface area contributed by atoms with Crippen LogP contribution in [0.3, 0.4) is 0 Å². The quantitative estimate of drug-likeness (QED) is 0.704. The molecule has 0 aromatic heterocycles. The van der Waals surface area contributed by atoms with Gasteiger partial charge in [-0.1, -0.05) is 11.6 Å². The molecule has 0 bridgehead atoms. The molecule has 20 heavy (non-hydrogen) atoms. The summed E-state index contributed by atoms with van der Waals surface area (Å²) < 4.78 is 11.8. The number of hydrogen-bond donors (Lipinski definition) is 0. The zero-order valence-electron chi connectivity index (χ0n) is 11.7. The number of methoxy groups -OCH3 is 1. The van der Waals surface area contributed by atoms with Crippen molar-refractivity contribution in [2.24, 2.45) is 0 Å². The van der Waals surface area contributed by atoms with E-state index in [1.165, 1.54) is 0 Å². The first-order valence-electron chi connectivity index (χ1n) is 6.40. The fourth-order valence-corrected chi connectivity index (χ4v) is 2.98. The van der Waals surface area contributed by atoms with Crippen LogP contribution in [0.1, 0.15) is 24.2 Å². The Morgan fingerprint density at radius 1 is 1.40 bits per heavy atom. The van der Waals surface area contributed by atoms with Crippen LogP contribution in [-0.4, -0.2) is 43.2 Å². The van der Waals surface area contributed by atoms with Crippen LogP contribution in [-0.2, 0) is 4.74 Å². The minimum absolute atomic E-state index is 0.0352. The molecule has 1 aromatic carbocycles. The Morgan fingerprint density at radius 3 is 2.55 bits per heavy atom. The number of benzene rings is 1. The fourth-order valence-electron chi connectivity index (χ4n) is 2.38. The number of carbonyl (C=O) groups excluding carboxylic acids is 1. The maximum Gasteiger partial charge on any atom is 0.257 e. The molecule has 1 fully saturated rings. The van der Waals surface area contributed by atoms with Gasteiger partial charge in [-0.25, -0.2) is 0 Å². The smallest absolute Gasteiger partial charge is 0.257 e. The zero-order valence-corrected chi connectivity index (χ0v) is 14.6. The van der Waals surface area contributed by atoms with Crippen molar-refractivity contribution < 1.29 is 14.3 Å². The molecule has 1 aromatic rings. The molecule has 0 N–H and O–H groups in total. The highest BCUT2D eigenvalue weighted by Crippen LogP contribution is 2.29. The van der Waals surface area contributed by atoms with Crippen LogP contribution >= 0.6 is 34.2 Å². The number of amides is 1. The van der Waals surface area contributed by atoms with Crippen LogP contribution in [0, 0.1) is 3.57 Å². The van der Waals surface area contributed by atoms with E-state index in [2.05, 4.69) is 22.6 Å². The largest absolute Gasteiger partial charge is 0.496 e. The number of hydrogen-bond acceptors (Lipinski definition) is 3. The Balaban J connectivity index is 2.31. The van der Waals surface area contributed by atoms with Crippen molar-refractivity contribution in [1.82, 2.24) is 4.90 Å². The number of halogens is 2. The molecule has 1 amide bonds. The average Bonchev–Trinajstić information content (AvgIpc) is 2.39. The van der Waals surface area contributed by atoms with Crippen LogP contribution in [0.4, 0.5) is 0 Å². The number of rotatable bonds is 2. The van der Waals surface area contributed by atoms with E-state index in [0.717, 1.165) is 3.57 Å². The molecule has 1 aliphatic heterocycles. The maximum absolute atomic E-state index is 12.7. The van der Waals surface area contributed by atoms with Crippen molar-refractivity contribution in [2.75, 3.05) is 20.2 Å². The third-order valence-electron chi connectivity index (χ3n) is 3.18. The van der Waals surface area contributed by atoms with Crippen molar-refractivity contribution >= 4 is 40.1 Å². The van der Waals surface area contributed by atoms with Crippen molar-refractivity contribution in [2.45, 2.75) is 26.1 Å². The third kappa shape index (κ3) is 3.38. The summed E-state index contributed by atoms with van der Waals surface area (Å²) in [4.78, 5) is 14.5. The van der Waals surface area contributed by atoms with E-state index in [4.69, 9.17) is 21.1 Å². The molecule has 6 heteroatoms. The van der Waals surface area contributed by atoms with Crippen molar-refractivity contribution in [3.63, 3.8) is 0 Å². The molecular formula is C14H17ClINO3. The summed E-state index contributed by atoms with van der Waals surface area (Å²) in [6.45, 7) is 5.09. The minimum atomic E-state index is -0.0675. The van der Waals surface area contributed by atoms with E-state index >= 15 is 0 Å². The van der Waals surface area contributed by atoms with Gasteiger partial charge in [-0.2, -0.15) is 0 Å². The van der Waals surface area contributed by atoms with Crippen LogP contribution in [0.25, 0.3) is 0 Å². The van der Waals surface area contributed by atoms with Gasteiger partial charge in [0.05, 0.1) is 29.9 Å². The highest BCUT2D eigenvalue weighted by molar-refractivity contribution is 14.1. The Labute approximate surface area is 137 Å². The van der Waals surface area contributed by atoms with E-state index in [0.29, 0.717) is 29.4 Å². The Morgan fingerprint density at radius 2 is 2.00 bits per heavy atom. The van der Waals surface area contributed by atoms with Gasteiger partial charge in [0.1, 0.15) is 5.75 Å². The molecule has 2 rings (SSSR count). The van der Waals surface area contributed by atoms with E-state index in [1.54, 1.807) is 24.1 Å². The highest BCUT2D eigenvalue weighted by atomic mass is 127. The lowest BCUT2D eigenvalue weighted by Gasteiger charge is -2.35. The molecule has 0 radical (unpaired) electrons. The normalized spacial score (nSPS) is 22.8. The lowest BCUT2D eigenvalue weighted by molar-refractivity contribution is -0.0586. The summed E-state index contributed by atoms with van der Waals surface area (Å²) in [7, 11) is 1.56. The summed E-state index contributed by atoms with van der Waals surface area (Å²) in [5.74, 6) is 0.484. The van der Waals surface area contributed by atoms with Gasteiger partial charge < -0.3 is 14.4 Å². The first-order valence-corrected chi connectivity index (χ1v) is 7.85. The third-order valence-corrected chi connectivity index (χ3v) is 4.70. The predicted octanol–water partition coefficient (Wildman–Crippen LogP) is 3.20. The standard InChI is InChI=1S/C14H17ClINO3/c1-8-6-17(7-9(2)20-8)14(18)10-4-11(15)12(16)5-13(10)19-3/h4-5,8-9H,6-7H2,1-3H3/t8-,9-/m0/s1. The molecule has 0 aliphatic carbocycles. The number of ether oxygens (including phenoxy) is 2. The Hall–Kier alpha value is -0.530. The molecule has 2 atom stereocenters. The zero-order chi connectivity index (χ0) is 14.9. The predicted molar refractivity (Wildman–Crippen MR) is 86.6 cm³/mol. The van der Waals surface area contributed by atoms with Gasteiger partial charge in [-0.15, -0.1) is 0 Å². The summed E-state index contributed by atoms with van der Waals surface area (Å²) in [6, 6.07) is 3.46. The van der Waals surface area contributed by atoms with Gasteiger partial charge >= 0.3 is 0 Å². The molecule has 110 valence electrons. The minimum Gasteiger partial charge on any atom is -0.496 e. The lowest BCUT2D eigenvalue weighted by atomic mass is 10.1. The molecule has 1 saturated heterocycles. The summed E-state index contributed by atoms with van der Waals surface area (Å²) in [5.41, 5.74) is 0.499. The van der Waals surface area contributed by atoms with E-state index in [9.17, 15) is 4.79 Å². The lowest BCUT2D eigenvalue weighted by Crippen LogP contribution is -2.48. The molecule has 0 saturated carbocycles. The Bertz CT molecular complexity index is 513. The van der Waals surface area contributed by atoms with Gasteiger partial charge in [-0.3, -0.25) is 4.79 Å². The molecule has 0 unspecified atom stereocenters. The fraction of sp³-hybridized carbons (Fsp3) is 0.500. The van der Waals surface area contributed by atoms with Crippen molar-refractivity contribution in [1.29, 1.82) is 0 Å². The molecule has 1 heterocycles. The monoisotopic (exact) mass is 409 g/mol. The Kier molecular flexibility index (Phi) is 5.14. The second kappa shape index (κ2) is 6.49. The van der Waals surface area contributed by atoms with Crippen LogP contribution in [0.2, 0.25) is 5.02 Å². The van der Waals surface area contributed by atoms with Gasteiger partial charge in [-0.05, 0) is 48.6 Å². The molecule has 1 aliphatic rings.